The summed E-state index contributed by atoms with van der Waals surface area (Å²) in [5.74, 6) is 0.686. The monoisotopic (exact) mass is 368 g/mol. The predicted molar refractivity (Wildman–Crippen MR) is 96.7 cm³/mol. The van der Waals surface area contributed by atoms with Crippen molar-refractivity contribution in [1.82, 2.24) is 4.90 Å². The first kappa shape index (κ1) is 16.1. The van der Waals surface area contributed by atoms with Gasteiger partial charge in [0.15, 0.2) is 11.9 Å². The zero-order valence-electron chi connectivity index (χ0n) is 15.2. The number of carbonyl (C=O) groups is 2. The van der Waals surface area contributed by atoms with Crippen LogP contribution in [-0.4, -0.2) is 52.5 Å². The van der Waals surface area contributed by atoms with Crippen molar-refractivity contribution in [3.8, 4) is 5.75 Å². The minimum atomic E-state index is -0.993. The minimum Gasteiger partial charge on any atom is -0.480 e. The molecule has 1 spiro atoms. The van der Waals surface area contributed by atoms with Gasteiger partial charge in [0.05, 0.1) is 16.6 Å². The highest BCUT2D eigenvalue weighted by atomic mass is 16.5. The molecule has 1 amide bonds. The summed E-state index contributed by atoms with van der Waals surface area (Å²) in [4.78, 5) is 27.3. The van der Waals surface area contributed by atoms with E-state index in [4.69, 9.17) is 10.5 Å². The molecule has 1 aromatic carbocycles. The Morgan fingerprint density at radius 1 is 1.33 bits per heavy atom. The molecular weight excluding hydrogens is 344 g/mol. The van der Waals surface area contributed by atoms with Crippen molar-refractivity contribution in [2.45, 2.75) is 61.7 Å². The topological polar surface area (TPSA) is 92.9 Å². The van der Waals surface area contributed by atoms with Crippen molar-refractivity contribution in [3.63, 3.8) is 0 Å². The molecule has 3 N–H and O–H groups in total. The van der Waals surface area contributed by atoms with Gasteiger partial charge in [0.25, 0.3) is 5.91 Å². The van der Waals surface area contributed by atoms with Gasteiger partial charge in [0.1, 0.15) is 5.75 Å². The zero-order chi connectivity index (χ0) is 18.6. The van der Waals surface area contributed by atoms with Crippen LogP contribution in [-0.2, 0) is 16.6 Å². The lowest BCUT2D eigenvalue weighted by Crippen LogP contribution is -2.76. The van der Waals surface area contributed by atoms with Crippen LogP contribution >= 0.6 is 0 Å². The molecule has 2 bridgehead atoms. The lowest BCUT2D eigenvalue weighted by molar-refractivity contribution is -0.188. The first-order chi connectivity index (χ1) is 13.0. The average molecular weight is 368 g/mol. The second kappa shape index (κ2) is 4.92. The molecule has 0 radical (unpaired) electrons. The van der Waals surface area contributed by atoms with Crippen molar-refractivity contribution in [2.75, 3.05) is 13.1 Å². The molecule has 4 atom stereocenters. The van der Waals surface area contributed by atoms with Gasteiger partial charge in [-0.3, -0.25) is 14.5 Å². The minimum absolute atomic E-state index is 0.00364. The molecule has 6 heteroatoms. The number of hydrogen-bond donors (Lipinski definition) is 2. The average Bonchev–Trinajstić information content (AvgIpc) is 3.37. The lowest BCUT2D eigenvalue weighted by Gasteiger charge is -2.62. The van der Waals surface area contributed by atoms with E-state index >= 15 is 0 Å². The van der Waals surface area contributed by atoms with Gasteiger partial charge in [-0.05, 0) is 56.2 Å². The van der Waals surface area contributed by atoms with Crippen LogP contribution in [0.25, 0.3) is 0 Å². The largest absolute Gasteiger partial charge is 0.480 e. The second-order valence-electron chi connectivity index (χ2n) is 9.11. The maximum atomic E-state index is 12.8. The fraction of sp³-hybridized carbons (Fsp3) is 0.619. The summed E-state index contributed by atoms with van der Waals surface area (Å²) in [6.07, 6.45) is 4.07. The van der Waals surface area contributed by atoms with E-state index in [1.807, 2.05) is 6.07 Å². The molecule has 2 saturated carbocycles. The fourth-order valence-corrected chi connectivity index (χ4v) is 6.47. The first-order valence-corrected chi connectivity index (χ1v) is 10.1. The maximum Gasteiger partial charge on any atom is 0.252 e. The van der Waals surface area contributed by atoms with Gasteiger partial charge >= 0.3 is 0 Å². The van der Waals surface area contributed by atoms with E-state index in [0.29, 0.717) is 30.6 Å². The van der Waals surface area contributed by atoms with Crippen LogP contribution in [0, 0.1) is 5.92 Å². The molecule has 6 rings (SSSR count). The standard InChI is InChI=1S/C21H24N2O4/c22-19(25)13-4-3-12-9-15-21(26)6-5-14(24)18-20(21,16(12)17(13)27-18)7-8-23(15)10-11-1-2-11/h3-4,11,15,18,26H,1-2,5-10H2,(H2,22,25)/t15?,18-,20-,21+/m0/s1. The Morgan fingerprint density at radius 3 is 2.89 bits per heavy atom. The number of nitrogens with zero attached hydrogens (tertiary/aromatic N) is 1. The van der Waals surface area contributed by atoms with Gasteiger partial charge in [-0.2, -0.15) is 0 Å². The molecule has 27 heavy (non-hydrogen) atoms. The molecule has 2 aliphatic heterocycles. The number of ether oxygens (including phenoxy) is 1. The van der Waals surface area contributed by atoms with Crippen LogP contribution < -0.4 is 10.5 Å². The van der Waals surface area contributed by atoms with Crippen molar-refractivity contribution < 1.29 is 19.4 Å². The Labute approximate surface area is 157 Å². The number of hydrogen-bond acceptors (Lipinski definition) is 5. The molecule has 5 aliphatic rings. The maximum absolute atomic E-state index is 12.8. The fourth-order valence-electron chi connectivity index (χ4n) is 6.47. The highest BCUT2D eigenvalue weighted by molar-refractivity contribution is 5.98. The quantitative estimate of drug-likeness (QED) is 0.828. The normalized spacial score (nSPS) is 39.1. The Bertz CT molecular complexity index is 894. The third-order valence-corrected chi connectivity index (χ3v) is 7.84. The Kier molecular flexibility index (Phi) is 2.93. The number of nitrogens with two attached hydrogens (primary N) is 1. The number of benzene rings is 1. The predicted octanol–water partition coefficient (Wildman–Crippen LogP) is 0.919. The summed E-state index contributed by atoms with van der Waals surface area (Å²) in [5, 5.41) is 12.1. The smallest absolute Gasteiger partial charge is 0.252 e. The summed E-state index contributed by atoms with van der Waals surface area (Å²) >= 11 is 0. The van der Waals surface area contributed by atoms with Crippen LogP contribution in [0.3, 0.4) is 0 Å². The summed E-state index contributed by atoms with van der Waals surface area (Å²) in [7, 11) is 0. The Balaban J connectivity index is 1.58. The summed E-state index contributed by atoms with van der Waals surface area (Å²) < 4.78 is 6.15. The summed E-state index contributed by atoms with van der Waals surface area (Å²) in [6.45, 7) is 1.89. The number of ketones is 1. The molecule has 1 unspecified atom stereocenters. The van der Waals surface area contributed by atoms with Gasteiger partial charge < -0.3 is 15.6 Å². The van der Waals surface area contributed by atoms with E-state index < -0.39 is 23.0 Å². The summed E-state index contributed by atoms with van der Waals surface area (Å²) in [5.41, 5.74) is 6.17. The number of primary amides is 1. The number of amides is 1. The summed E-state index contributed by atoms with van der Waals surface area (Å²) in [6, 6.07) is 3.68. The molecule has 142 valence electrons. The van der Waals surface area contributed by atoms with E-state index in [-0.39, 0.29) is 11.8 Å². The van der Waals surface area contributed by atoms with Gasteiger partial charge in [0, 0.05) is 24.6 Å². The van der Waals surface area contributed by atoms with Crippen molar-refractivity contribution >= 4 is 11.7 Å². The third kappa shape index (κ3) is 1.79. The number of rotatable bonds is 3. The Hall–Kier alpha value is -1.92. The van der Waals surface area contributed by atoms with Crippen molar-refractivity contribution in [1.29, 1.82) is 0 Å². The molecule has 6 nitrogen and oxygen atoms in total. The van der Waals surface area contributed by atoms with Crippen LogP contribution in [0.4, 0.5) is 0 Å². The highest BCUT2D eigenvalue weighted by Gasteiger charge is 2.73. The van der Waals surface area contributed by atoms with Gasteiger partial charge in [-0.1, -0.05) is 6.07 Å². The van der Waals surface area contributed by atoms with E-state index in [2.05, 4.69) is 4.90 Å². The van der Waals surface area contributed by atoms with Crippen molar-refractivity contribution in [2.24, 2.45) is 11.7 Å². The van der Waals surface area contributed by atoms with Crippen molar-refractivity contribution in [3.05, 3.63) is 28.8 Å². The van der Waals surface area contributed by atoms with Crippen LogP contribution in [0.15, 0.2) is 12.1 Å². The number of Topliss-reactive ketones (excluding diaryl/α,β-unsaturated/α-hetero) is 1. The number of carbonyl (C=O) groups excluding carboxylic acids is 2. The number of piperidine rings is 1. The molecule has 1 saturated heterocycles. The van der Waals surface area contributed by atoms with Crippen LogP contribution in [0.1, 0.15) is 53.6 Å². The SMILES string of the molecule is NC(=O)c1ccc2c3c1O[C@H]1C(=O)CC[C@@]4(O)C(C2)N(CC2CC2)CC[C@]314. The molecule has 3 aliphatic carbocycles. The molecular formula is C21H24N2O4. The molecule has 3 fully saturated rings. The Morgan fingerprint density at radius 2 is 2.15 bits per heavy atom. The third-order valence-electron chi connectivity index (χ3n) is 7.84. The van der Waals surface area contributed by atoms with E-state index in [0.717, 1.165) is 36.6 Å². The highest BCUT2D eigenvalue weighted by Crippen LogP contribution is 2.64. The second-order valence-corrected chi connectivity index (χ2v) is 9.11. The molecule has 2 heterocycles. The van der Waals surface area contributed by atoms with Gasteiger partial charge in [0.2, 0.25) is 0 Å². The number of aliphatic hydroxyl groups is 1. The molecule has 1 aromatic rings. The van der Waals surface area contributed by atoms with E-state index in [1.54, 1.807) is 6.07 Å². The first-order valence-electron chi connectivity index (χ1n) is 10.1. The van der Waals surface area contributed by atoms with Crippen LogP contribution in [0.5, 0.6) is 5.75 Å². The molecule has 0 aromatic heterocycles. The van der Waals surface area contributed by atoms with Gasteiger partial charge in [-0.25, -0.2) is 0 Å². The lowest BCUT2D eigenvalue weighted by atomic mass is 9.49. The zero-order valence-corrected chi connectivity index (χ0v) is 15.2. The number of likely N-dealkylation sites (tertiary alicyclic amines) is 1. The van der Waals surface area contributed by atoms with Crippen LogP contribution in [0.2, 0.25) is 0 Å². The van der Waals surface area contributed by atoms with Gasteiger partial charge in [-0.15, -0.1) is 0 Å². The van der Waals surface area contributed by atoms with E-state index in [9.17, 15) is 14.7 Å². The van der Waals surface area contributed by atoms with E-state index in [1.165, 1.54) is 12.8 Å².